The Balaban J connectivity index is 1.57. The first-order valence-corrected chi connectivity index (χ1v) is 8.09. The molecular weight excluding hydrogens is 375 g/mol. The first-order chi connectivity index (χ1) is 13.4. The second-order valence-corrected chi connectivity index (χ2v) is 5.75. The largest absolute Gasteiger partial charge is 0.321 e. The van der Waals surface area contributed by atoms with E-state index < -0.39 is 41.6 Å². The Morgan fingerprint density at radius 1 is 1.14 bits per heavy atom. The van der Waals surface area contributed by atoms with Crippen LogP contribution in [0.3, 0.4) is 0 Å². The molecule has 0 spiro atoms. The predicted molar refractivity (Wildman–Crippen MR) is 96.1 cm³/mol. The lowest BCUT2D eigenvalue weighted by atomic mass is 10.2. The van der Waals surface area contributed by atoms with Crippen LogP contribution in [0.5, 0.6) is 0 Å². The highest BCUT2D eigenvalue weighted by Gasteiger charge is 2.29. The molecule has 28 heavy (non-hydrogen) atoms. The number of guanidine groups is 1. The summed E-state index contributed by atoms with van der Waals surface area (Å²) in [6, 6.07) is 7.64. The van der Waals surface area contributed by atoms with Crippen molar-refractivity contribution in [3.63, 3.8) is 0 Å². The highest BCUT2D eigenvalue weighted by Crippen LogP contribution is 2.18. The van der Waals surface area contributed by atoms with Crippen LogP contribution >= 0.6 is 0 Å². The van der Waals surface area contributed by atoms with Crippen LogP contribution in [0.25, 0.3) is 0 Å². The number of amides is 2. The van der Waals surface area contributed by atoms with Gasteiger partial charge in [0.1, 0.15) is 29.2 Å². The summed E-state index contributed by atoms with van der Waals surface area (Å²) in [5.74, 6) is -3.56. The molecule has 0 aromatic heterocycles. The maximum absolute atomic E-state index is 13.6. The number of carbonyl (C=O) groups excluding carboxylic acids is 2. The third-order valence-corrected chi connectivity index (χ3v) is 3.69. The average Bonchev–Trinajstić information content (AvgIpc) is 2.99. The van der Waals surface area contributed by atoms with Crippen LogP contribution in [0.2, 0.25) is 0 Å². The Kier molecular flexibility index (Phi) is 5.68. The van der Waals surface area contributed by atoms with E-state index in [2.05, 4.69) is 26.2 Å². The minimum atomic E-state index is -1.07. The number of para-hydroxylation sites is 1. The second-order valence-electron chi connectivity index (χ2n) is 5.75. The topological polar surface area (TPSA) is 94.9 Å². The van der Waals surface area contributed by atoms with Crippen molar-refractivity contribution in [3.05, 3.63) is 65.5 Å². The summed E-state index contributed by atoms with van der Waals surface area (Å²) in [4.78, 5) is 27.8. The monoisotopic (exact) mass is 389 g/mol. The van der Waals surface area contributed by atoms with Crippen molar-refractivity contribution >= 4 is 29.7 Å². The molecule has 1 atom stereocenters. The number of nitrogens with one attached hydrogen (secondary N) is 3. The Hall–Kier alpha value is -3.69. The number of halogens is 3. The van der Waals surface area contributed by atoms with Gasteiger partial charge in [0.05, 0.1) is 12.6 Å². The average molecular weight is 389 g/mol. The summed E-state index contributed by atoms with van der Waals surface area (Å²) < 4.78 is 39.9. The molecule has 2 aromatic carbocycles. The maximum Gasteiger partial charge on any atom is 0.252 e. The number of carbonyl (C=O) groups is 2. The van der Waals surface area contributed by atoms with Gasteiger partial charge in [-0.1, -0.05) is 18.2 Å². The molecule has 0 bridgehead atoms. The molecule has 1 unspecified atom stereocenters. The number of hydrazone groups is 1. The molecule has 2 amide bonds. The van der Waals surface area contributed by atoms with Crippen LogP contribution in [0.4, 0.5) is 18.9 Å². The molecule has 0 fully saturated rings. The van der Waals surface area contributed by atoms with Crippen LogP contribution in [0.15, 0.2) is 52.6 Å². The summed E-state index contributed by atoms with van der Waals surface area (Å²) in [5, 5.41) is 8.33. The van der Waals surface area contributed by atoms with Crippen LogP contribution in [0.1, 0.15) is 12.0 Å². The Labute approximate surface area is 157 Å². The van der Waals surface area contributed by atoms with Gasteiger partial charge in [-0.3, -0.25) is 14.9 Å². The fourth-order valence-electron chi connectivity index (χ4n) is 2.34. The van der Waals surface area contributed by atoms with Gasteiger partial charge in [0.2, 0.25) is 11.9 Å². The zero-order valence-corrected chi connectivity index (χ0v) is 14.2. The van der Waals surface area contributed by atoms with Gasteiger partial charge in [0, 0.05) is 0 Å². The molecule has 0 saturated carbocycles. The molecule has 2 aromatic rings. The van der Waals surface area contributed by atoms with Crippen LogP contribution in [-0.2, 0) is 9.59 Å². The highest BCUT2D eigenvalue weighted by molar-refractivity contribution is 6.07. The molecule has 1 aliphatic rings. The van der Waals surface area contributed by atoms with Crippen molar-refractivity contribution in [1.82, 2.24) is 10.7 Å². The van der Waals surface area contributed by atoms with E-state index in [1.54, 1.807) is 0 Å². The maximum atomic E-state index is 13.6. The van der Waals surface area contributed by atoms with Crippen LogP contribution in [-0.4, -0.2) is 30.0 Å². The molecule has 0 radical (unpaired) electrons. The number of benzene rings is 2. The van der Waals surface area contributed by atoms with E-state index in [9.17, 15) is 22.8 Å². The molecular formula is C18H14F3N5O2. The molecule has 3 N–H and O–H groups in total. The first-order valence-electron chi connectivity index (χ1n) is 8.09. The third kappa shape index (κ3) is 4.72. The summed E-state index contributed by atoms with van der Waals surface area (Å²) in [6.45, 7) is 0. The normalized spacial score (nSPS) is 16.0. The number of rotatable bonds is 5. The minimum absolute atomic E-state index is 0.0123. The van der Waals surface area contributed by atoms with E-state index in [1.165, 1.54) is 36.5 Å². The van der Waals surface area contributed by atoms with Crippen molar-refractivity contribution in [1.29, 1.82) is 0 Å². The lowest BCUT2D eigenvalue weighted by molar-refractivity contribution is -0.123. The molecule has 1 heterocycles. The zero-order chi connectivity index (χ0) is 20.1. The molecule has 10 heteroatoms. The van der Waals surface area contributed by atoms with Gasteiger partial charge in [-0.15, -0.1) is 0 Å². The van der Waals surface area contributed by atoms with Gasteiger partial charge in [0.15, 0.2) is 0 Å². The molecule has 144 valence electrons. The second kappa shape index (κ2) is 8.33. The van der Waals surface area contributed by atoms with E-state index in [0.29, 0.717) is 5.56 Å². The summed E-state index contributed by atoms with van der Waals surface area (Å²) in [7, 11) is 0. The summed E-state index contributed by atoms with van der Waals surface area (Å²) in [5.41, 5.74) is 2.51. The predicted octanol–water partition coefficient (Wildman–Crippen LogP) is 1.91. The van der Waals surface area contributed by atoms with Gasteiger partial charge < -0.3 is 5.32 Å². The smallest absolute Gasteiger partial charge is 0.252 e. The van der Waals surface area contributed by atoms with Crippen molar-refractivity contribution in [2.75, 3.05) is 5.32 Å². The molecule has 3 rings (SSSR count). The van der Waals surface area contributed by atoms with Gasteiger partial charge in [-0.05, 0) is 29.8 Å². The molecule has 1 aliphatic heterocycles. The fourth-order valence-corrected chi connectivity index (χ4v) is 2.34. The Morgan fingerprint density at radius 2 is 1.82 bits per heavy atom. The summed E-state index contributed by atoms with van der Waals surface area (Å²) in [6.07, 6.45) is 0.974. The van der Waals surface area contributed by atoms with E-state index in [0.717, 1.165) is 12.1 Å². The molecule has 0 aliphatic carbocycles. The van der Waals surface area contributed by atoms with Crippen molar-refractivity contribution < 1.29 is 22.8 Å². The van der Waals surface area contributed by atoms with E-state index in [-0.39, 0.29) is 11.8 Å². The van der Waals surface area contributed by atoms with Crippen LogP contribution in [0, 0.1) is 17.5 Å². The van der Waals surface area contributed by atoms with Crippen LogP contribution < -0.4 is 16.1 Å². The van der Waals surface area contributed by atoms with Crippen molar-refractivity contribution in [3.8, 4) is 0 Å². The summed E-state index contributed by atoms with van der Waals surface area (Å²) >= 11 is 0. The van der Waals surface area contributed by atoms with E-state index in [1.807, 2.05) is 0 Å². The lowest BCUT2D eigenvalue weighted by Crippen LogP contribution is -2.35. The van der Waals surface area contributed by atoms with Crippen molar-refractivity contribution in [2.24, 2.45) is 10.1 Å². The third-order valence-electron chi connectivity index (χ3n) is 3.69. The standard InChI is InChI=1S/C18H14F3N5O2/c19-11-6-4-10(5-7-11)9-22-26-18-23-14(17(28)25-18)8-15(27)24-16-12(20)2-1-3-13(16)21/h1-7,9,14H,8H2,(H,24,27)(H2,23,25,26,28)/b22-9+. The number of hydrogen-bond acceptors (Lipinski definition) is 5. The Bertz CT molecular complexity index is 940. The van der Waals surface area contributed by atoms with Gasteiger partial charge in [-0.2, -0.15) is 5.10 Å². The van der Waals surface area contributed by atoms with E-state index in [4.69, 9.17) is 0 Å². The number of hydrogen-bond donors (Lipinski definition) is 3. The fraction of sp³-hybridized carbons (Fsp3) is 0.111. The van der Waals surface area contributed by atoms with Gasteiger partial charge >= 0.3 is 0 Å². The Morgan fingerprint density at radius 3 is 2.50 bits per heavy atom. The number of nitrogens with zero attached hydrogens (tertiary/aromatic N) is 2. The number of anilines is 1. The quantitative estimate of drug-likeness (QED) is 0.539. The van der Waals surface area contributed by atoms with Gasteiger partial charge in [0.25, 0.3) is 5.91 Å². The highest BCUT2D eigenvalue weighted by atomic mass is 19.1. The SMILES string of the molecule is O=C(CC1N=C(N/N=C/c2ccc(F)cc2)NC1=O)Nc1c(F)cccc1F. The lowest BCUT2D eigenvalue weighted by Gasteiger charge is -2.08. The van der Waals surface area contributed by atoms with Gasteiger partial charge in [-0.25, -0.2) is 23.6 Å². The first kappa shape index (κ1) is 19.1. The zero-order valence-electron chi connectivity index (χ0n) is 14.2. The molecule has 0 saturated heterocycles. The number of aliphatic imine (C=N–C) groups is 1. The van der Waals surface area contributed by atoms with E-state index >= 15 is 0 Å². The molecule has 7 nitrogen and oxygen atoms in total. The minimum Gasteiger partial charge on any atom is -0.321 e. The van der Waals surface area contributed by atoms with Crippen molar-refractivity contribution in [2.45, 2.75) is 12.5 Å².